The van der Waals surface area contributed by atoms with Crippen LogP contribution in [0, 0.1) is 11.8 Å². The van der Waals surface area contributed by atoms with Crippen LogP contribution in [-0.2, 0) is 70.1 Å². The van der Waals surface area contributed by atoms with Crippen LogP contribution in [0.4, 0.5) is 0 Å². The highest BCUT2D eigenvalue weighted by Gasteiger charge is 2.44. The summed E-state index contributed by atoms with van der Waals surface area (Å²) in [5, 5.41) is 10.1. The maximum absolute atomic E-state index is 9.28. The van der Waals surface area contributed by atoms with Gasteiger partial charge in [0.05, 0.1) is 59.6 Å². The normalized spacial score (nSPS) is 10.8. The molecule has 6 aromatic rings. The summed E-state index contributed by atoms with van der Waals surface area (Å²) >= 11 is 0. The van der Waals surface area contributed by atoms with Crippen molar-refractivity contribution in [2.24, 2.45) is 11.8 Å². The Bertz CT molecular complexity index is 2940. The summed E-state index contributed by atoms with van der Waals surface area (Å²) in [7, 11) is 8.87. The molecule has 0 aliphatic carbocycles. The van der Waals surface area contributed by atoms with Crippen molar-refractivity contribution < 1.29 is 93.2 Å². The summed E-state index contributed by atoms with van der Waals surface area (Å²) in [6, 6.07) is 40.5. The fraction of sp³-hybridized carbons (Fsp3) is 0.581. The Kier molecular flexibility index (Phi) is 75.2. The molecular formula is C86H151ClO20Si2. The number of hydrogen-bond donors (Lipinski definition) is 1. The van der Waals surface area contributed by atoms with Gasteiger partial charge in [0.15, 0.2) is 53.3 Å². The molecule has 0 saturated carbocycles. The number of methoxy groups -OCH3 is 6. The number of ether oxygens (including phenoxy) is 13. The van der Waals surface area contributed by atoms with Gasteiger partial charge in [0, 0.05) is 75.7 Å². The van der Waals surface area contributed by atoms with Crippen LogP contribution < -0.4 is 43.1 Å². The zero-order valence-corrected chi connectivity index (χ0v) is 75.3. The molecule has 23 heteroatoms. The molecule has 630 valence electrons. The van der Waals surface area contributed by atoms with Crippen LogP contribution >= 0.6 is 12.4 Å². The molecule has 109 heavy (non-hydrogen) atoms. The lowest BCUT2D eigenvalue weighted by molar-refractivity contribution is -0.0620. The molecule has 0 fully saturated rings. The van der Waals surface area contributed by atoms with Crippen molar-refractivity contribution in [1.82, 2.24) is 0 Å². The number of phenolic OH excluding ortho intramolecular Hbond substituents is 1. The molecule has 0 aliphatic heterocycles. The van der Waals surface area contributed by atoms with Gasteiger partial charge < -0.3 is 93.2 Å². The molecule has 0 heterocycles. The van der Waals surface area contributed by atoms with E-state index in [0.717, 1.165) is 56.2 Å². The third-order valence-corrected chi connectivity index (χ3v) is 19.1. The van der Waals surface area contributed by atoms with E-state index in [1.165, 1.54) is 5.56 Å². The molecule has 0 aromatic heterocycles. The number of rotatable bonds is 38. The topological polar surface area (TPSA) is 196 Å². The largest absolute Gasteiger partial charge is 0.540 e. The van der Waals surface area contributed by atoms with E-state index in [4.69, 9.17) is 88.1 Å². The van der Waals surface area contributed by atoms with Crippen molar-refractivity contribution in [3.8, 4) is 51.7 Å². The molecule has 1 N–H and O–H groups in total. The number of aromatic hydroxyl groups is 1. The summed E-state index contributed by atoms with van der Waals surface area (Å²) in [5.41, 5.74) is 5.42. The second kappa shape index (κ2) is 72.1. The van der Waals surface area contributed by atoms with E-state index in [9.17, 15) is 5.11 Å². The second-order valence-corrected chi connectivity index (χ2v) is 28.7. The van der Waals surface area contributed by atoms with Crippen LogP contribution in [-0.4, -0.2) is 152 Å². The van der Waals surface area contributed by atoms with Crippen molar-refractivity contribution in [2.45, 2.75) is 211 Å². The Morgan fingerprint density at radius 2 is 0.679 bits per heavy atom. The van der Waals surface area contributed by atoms with Crippen molar-refractivity contribution in [3.05, 3.63) is 155 Å². The summed E-state index contributed by atoms with van der Waals surface area (Å²) in [5.74, 6) is 8.22. The smallest absolute Gasteiger partial charge is 0.508 e. The van der Waals surface area contributed by atoms with Crippen LogP contribution in [0.5, 0.6) is 51.7 Å². The van der Waals surface area contributed by atoms with Gasteiger partial charge in [-0.3, -0.25) is 0 Å². The quantitative estimate of drug-likeness (QED) is 0.0284. The number of para-hydroxylation sites is 3. The molecule has 6 rings (SSSR count). The molecule has 0 spiro atoms. The van der Waals surface area contributed by atoms with Gasteiger partial charge >= 0.3 is 17.6 Å². The summed E-state index contributed by atoms with van der Waals surface area (Å²) in [6.07, 6.45) is -0.291. The third-order valence-electron chi connectivity index (χ3n) is 13.8. The van der Waals surface area contributed by atoms with E-state index in [1.807, 2.05) is 219 Å². The Morgan fingerprint density at radius 1 is 0.358 bits per heavy atom. The number of benzene rings is 6. The first kappa shape index (κ1) is 114. The second-order valence-electron chi connectivity index (χ2n) is 23.3. The van der Waals surface area contributed by atoms with Crippen molar-refractivity contribution in [1.29, 1.82) is 0 Å². The predicted octanol–water partition coefficient (Wildman–Crippen LogP) is 21.3. The van der Waals surface area contributed by atoms with Crippen LogP contribution in [0.2, 0.25) is 0 Å². The Hall–Kier alpha value is -6.20. The summed E-state index contributed by atoms with van der Waals surface area (Å²) in [4.78, 5) is 0. The van der Waals surface area contributed by atoms with Crippen molar-refractivity contribution in [2.75, 3.05) is 116 Å². The first-order valence-electron chi connectivity index (χ1n) is 37.9. The minimum Gasteiger partial charge on any atom is -0.508 e. The lowest BCUT2D eigenvalue weighted by atomic mass is 10.0. The van der Waals surface area contributed by atoms with E-state index < -0.39 is 17.6 Å². The zero-order chi connectivity index (χ0) is 82.2. The minimum absolute atomic E-state index is 0. The first-order valence-corrected chi connectivity index (χ1v) is 41.6. The Morgan fingerprint density at radius 3 is 0.982 bits per heavy atom. The highest BCUT2D eigenvalue weighted by atomic mass is 35.5. The highest BCUT2D eigenvalue weighted by Crippen LogP contribution is 2.33. The maximum Gasteiger partial charge on any atom is 0.540 e. The number of halogens is 1. The molecule has 0 bridgehead atoms. The number of phenols is 1. The Labute approximate surface area is 671 Å². The third kappa shape index (κ3) is 47.7. The lowest BCUT2D eigenvalue weighted by Crippen LogP contribution is -2.55. The van der Waals surface area contributed by atoms with Gasteiger partial charge in [-0.05, 0) is 155 Å². The van der Waals surface area contributed by atoms with Crippen LogP contribution in [0.1, 0.15) is 206 Å². The number of hydrogen-bond acceptors (Lipinski definition) is 20. The Balaban J connectivity index is -0.000000289. The van der Waals surface area contributed by atoms with E-state index in [2.05, 4.69) is 61.5 Å². The van der Waals surface area contributed by atoms with E-state index in [1.54, 1.807) is 70.1 Å². The molecule has 20 nitrogen and oxygen atoms in total. The highest BCUT2D eigenvalue weighted by molar-refractivity contribution is 6.76. The summed E-state index contributed by atoms with van der Waals surface area (Å²) in [6.45, 7) is 52.2. The van der Waals surface area contributed by atoms with Crippen molar-refractivity contribution in [3.63, 3.8) is 0 Å². The van der Waals surface area contributed by atoms with Gasteiger partial charge in [0.25, 0.3) is 0 Å². The molecular weight excluding hydrogens is 1440 g/mol. The zero-order valence-electron chi connectivity index (χ0n) is 72.5. The average molecular weight is 1600 g/mol. The monoisotopic (exact) mass is 1600 g/mol. The standard InChI is InChI=1S/C16H28O6Si.C13H22O5Si.2C13H20O3.C13H20O2.C9H12O.4C2H6.CH4.ClH/c1-6-20-23(21-7-2,22-8-3)13-19-15-10-9-14(12-17-4)11-16(15)18-5;1-6-17-11(2)18-12-9-7-8-10-13(12)19(14-3,15-4)16-5;2*1-10(2)8-16-12-6-5-11(9-14-3)7-13(12)15-4;1-5-14-11(4)15-13-9-7-6-8-12(13)10(2)3;1-7(2)8-5-3-4-6-9(8)10;4*1-2;;/h9-11H,6-8,12-13H2,1-5H3;7-11H,6H2,1-5H3;2*5-7,10H,8-9H2,1-4H3;6-11H,5H2,1-4H3;3-7,10H,1-2H3;4*1-2H3;1H4;1H. The van der Waals surface area contributed by atoms with Crippen molar-refractivity contribution >= 4 is 35.2 Å². The van der Waals surface area contributed by atoms with Gasteiger partial charge in [-0.2, -0.15) is 0 Å². The van der Waals surface area contributed by atoms with Crippen LogP contribution in [0.3, 0.4) is 0 Å². The van der Waals surface area contributed by atoms with E-state index in [0.29, 0.717) is 113 Å². The molecule has 0 amide bonds. The molecule has 0 aliphatic rings. The van der Waals surface area contributed by atoms with Gasteiger partial charge in [0.1, 0.15) is 17.2 Å². The van der Waals surface area contributed by atoms with Crippen LogP contribution in [0.25, 0.3) is 0 Å². The average Bonchev–Trinajstić information content (AvgIpc) is 0.806. The molecule has 0 saturated heterocycles. The minimum atomic E-state index is -2.91. The van der Waals surface area contributed by atoms with Gasteiger partial charge in [-0.1, -0.05) is 191 Å². The first-order chi connectivity index (χ1) is 51.5. The fourth-order valence-electron chi connectivity index (χ4n) is 9.19. The molecule has 2 unspecified atom stereocenters. The lowest BCUT2D eigenvalue weighted by Gasteiger charge is -2.28. The molecule has 2 atom stereocenters. The van der Waals surface area contributed by atoms with Gasteiger partial charge in [-0.25, -0.2) is 0 Å². The van der Waals surface area contributed by atoms with E-state index >= 15 is 0 Å². The van der Waals surface area contributed by atoms with Crippen LogP contribution in [0.15, 0.2) is 127 Å². The molecule has 0 radical (unpaired) electrons. The van der Waals surface area contributed by atoms with Gasteiger partial charge in [-0.15, -0.1) is 12.4 Å². The maximum atomic E-state index is 9.28. The SMILES string of the molecule is C.CC.CC.CC.CC.CC(C)c1ccccc1O.CCOC(C)Oc1ccccc1C(C)C.CCOC(C)Oc1ccccc1[Si](OC)(OC)OC.CCO[Si](COc1ccc(COC)cc1OC)(OCC)OCC.COCc1ccc(OCC(C)C)c(OC)c1.COCc1ccc(OCC(C)C)c(OC)c1.Cl. The predicted molar refractivity (Wildman–Crippen MR) is 456 cm³/mol. The van der Waals surface area contributed by atoms with Gasteiger partial charge in [0.2, 0.25) is 0 Å². The summed E-state index contributed by atoms with van der Waals surface area (Å²) < 4.78 is 104. The van der Waals surface area contributed by atoms with E-state index in [-0.39, 0.29) is 38.6 Å². The molecule has 6 aromatic carbocycles. The fourth-order valence-corrected chi connectivity index (χ4v) is 13.2.